The summed E-state index contributed by atoms with van der Waals surface area (Å²) in [6.07, 6.45) is 0.936. The molecule has 4 aromatic rings. The van der Waals surface area contributed by atoms with Crippen LogP contribution in [0.1, 0.15) is 40.1 Å². The van der Waals surface area contributed by atoms with E-state index in [4.69, 9.17) is 0 Å². The first kappa shape index (κ1) is 20.5. The molecule has 0 spiro atoms. The highest BCUT2D eigenvalue weighted by molar-refractivity contribution is 6.17. The van der Waals surface area contributed by atoms with Crippen molar-refractivity contribution >= 4 is 22.3 Å². The molecule has 3 nitrogen and oxygen atoms in total. The monoisotopic (exact) mass is 420 g/mol. The predicted molar refractivity (Wildman–Crippen MR) is 132 cm³/mol. The molecule has 1 aromatic heterocycles. The third-order valence-electron chi connectivity index (χ3n) is 6.48. The van der Waals surface area contributed by atoms with Gasteiger partial charge in [0.25, 0.3) is 0 Å². The van der Waals surface area contributed by atoms with E-state index in [-0.39, 0.29) is 11.8 Å². The van der Waals surface area contributed by atoms with Crippen LogP contribution in [0.15, 0.2) is 90.5 Å². The largest absolute Gasteiger partial charge is 0.333 e. The van der Waals surface area contributed by atoms with Crippen molar-refractivity contribution in [2.75, 3.05) is 20.6 Å². The third-order valence-corrected chi connectivity index (χ3v) is 6.48. The number of Topliss-reactive ketones (excluding diaryl/α,β-unsaturated/α-hetero) is 1. The highest BCUT2D eigenvalue weighted by atomic mass is 16.1. The van der Waals surface area contributed by atoms with Gasteiger partial charge >= 0.3 is 0 Å². The number of rotatable bonds is 6. The van der Waals surface area contributed by atoms with Crippen molar-refractivity contribution in [3.8, 4) is 0 Å². The summed E-state index contributed by atoms with van der Waals surface area (Å²) >= 11 is 0. The zero-order chi connectivity index (χ0) is 22.2. The smallest absolute Gasteiger partial charge is 0.191 e. The lowest BCUT2D eigenvalue weighted by molar-refractivity contribution is 0.102. The van der Waals surface area contributed by atoms with Gasteiger partial charge in [0.2, 0.25) is 0 Å². The zero-order valence-electron chi connectivity index (χ0n) is 18.9. The first-order chi connectivity index (χ1) is 15.6. The van der Waals surface area contributed by atoms with Gasteiger partial charge < -0.3 is 9.47 Å². The lowest BCUT2D eigenvalue weighted by Crippen LogP contribution is -2.15. The average molecular weight is 421 g/mol. The Hall–Kier alpha value is -3.43. The lowest BCUT2D eigenvalue weighted by Gasteiger charge is -2.14. The van der Waals surface area contributed by atoms with Gasteiger partial charge in [0.15, 0.2) is 5.78 Å². The zero-order valence-corrected chi connectivity index (χ0v) is 18.9. The van der Waals surface area contributed by atoms with Crippen LogP contribution in [-0.4, -0.2) is 35.9 Å². The molecule has 3 aromatic carbocycles. The highest BCUT2D eigenvalue weighted by Gasteiger charge is 2.37. The highest BCUT2D eigenvalue weighted by Crippen LogP contribution is 2.47. The summed E-state index contributed by atoms with van der Waals surface area (Å²) < 4.78 is 2.39. The quantitative estimate of drug-likeness (QED) is 0.357. The van der Waals surface area contributed by atoms with Crippen LogP contribution in [0.5, 0.6) is 0 Å². The van der Waals surface area contributed by atoms with Crippen LogP contribution in [0.3, 0.4) is 0 Å². The Morgan fingerprint density at radius 1 is 0.875 bits per heavy atom. The average Bonchev–Trinajstić information content (AvgIpc) is 3.30. The van der Waals surface area contributed by atoms with Gasteiger partial charge in [0, 0.05) is 34.2 Å². The van der Waals surface area contributed by atoms with Crippen LogP contribution >= 0.6 is 0 Å². The lowest BCUT2D eigenvalue weighted by atomic mass is 9.89. The number of carbonyl (C=O) groups excluding carboxylic acids is 1. The minimum Gasteiger partial charge on any atom is -0.333 e. The summed E-state index contributed by atoms with van der Waals surface area (Å²) in [4.78, 5) is 16.1. The molecule has 0 saturated carbocycles. The number of fused-ring (bicyclic) bond motifs is 3. The second-order valence-corrected chi connectivity index (χ2v) is 8.79. The van der Waals surface area contributed by atoms with E-state index in [0.717, 1.165) is 35.2 Å². The van der Waals surface area contributed by atoms with Crippen LogP contribution in [0, 0.1) is 0 Å². The molecule has 1 aliphatic rings. The maximum absolute atomic E-state index is 13.8. The fourth-order valence-electron chi connectivity index (χ4n) is 5.01. The first-order valence-corrected chi connectivity index (χ1v) is 11.2. The number of hydrogen-bond donors (Lipinski definition) is 0. The number of para-hydroxylation sites is 1. The van der Waals surface area contributed by atoms with Crippen LogP contribution in [0.25, 0.3) is 16.5 Å². The van der Waals surface area contributed by atoms with Crippen molar-refractivity contribution in [3.63, 3.8) is 0 Å². The normalized spacial score (nSPS) is 15.6. The number of aromatic nitrogens is 1. The molecule has 0 aliphatic carbocycles. The van der Waals surface area contributed by atoms with Crippen LogP contribution in [-0.2, 0) is 6.42 Å². The third kappa shape index (κ3) is 3.30. The number of benzene rings is 3. The van der Waals surface area contributed by atoms with E-state index in [9.17, 15) is 4.79 Å². The summed E-state index contributed by atoms with van der Waals surface area (Å²) in [6.45, 7) is 3.12. The van der Waals surface area contributed by atoms with Gasteiger partial charge in [-0.05, 0) is 44.6 Å². The Balaban J connectivity index is 1.81. The molecule has 0 radical (unpaired) electrons. The first-order valence-electron chi connectivity index (χ1n) is 11.2. The maximum Gasteiger partial charge on any atom is 0.191 e. The topological polar surface area (TPSA) is 25.2 Å². The van der Waals surface area contributed by atoms with E-state index < -0.39 is 0 Å². The standard InChI is InChI=1S/C29H28N2O/c1-20-26(29(32)22-14-8-5-9-15-22)27(21-12-6-4-7-13-21)28-24(18-19-30(2)3)23-16-10-11-17-25(23)31(20)28/h4-17,20H,18-19H2,1-3H3. The Kier molecular flexibility index (Phi) is 5.28. The number of allylic oxidation sites excluding steroid dienone is 1. The Morgan fingerprint density at radius 2 is 1.50 bits per heavy atom. The van der Waals surface area contributed by atoms with Gasteiger partial charge in [-0.15, -0.1) is 0 Å². The molecule has 3 heteroatoms. The summed E-state index contributed by atoms with van der Waals surface area (Å²) in [5.74, 6) is 0.114. The molecule has 5 rings (SSSR count). The summed E-state index contributed by atoms with van der Waals surface area (Å²) in [6, 6.07) is 28.7. The van der Waals surface area contributed by atoms with E-state index >= 15 is 0 Å². The second kappa shape index (κ2) is 8.25. The van der Waals surface area contributed by atoms with Crippen LogP contribution in [0.2, 0.25) is 0 Å². The van der Waals surface area contributed by atoms with Crippen molar-refractivity contribution in [1.29, 1.82) is 0 Å². The summed E-state index contributed by atoms with van der Waals surface area (Å²) in [5.41, 5.74) is 7.54. The van der Waals surface area contributed by atoms with E-state index in [1.165, 1.54) is 22.2 Å². The molecule has 0 saturated heterocycles. The fraction of sp³-hybridized carbons (Fsp3) is 0.207. The van der Waals surface area contributed by atoms with E-state index in [2.05, 4.69) is 79.0 Å². The van der Waals surface area contributed by atoms with Crippen LogP contribution < -0.4 is 0 Å². The fourth-order valence-corrected chi connectivity index (χ4v) is 5.01. The van der Waals surface area contributed by atoms with Crippen LogP contribution in [0.4, 0.5) is 0 Å². The molecular formula is C29H28N2O. The molecule has 0 fully saturated rings. The molecule has 160 valence electrons. The number of nitrogens with zero attached hydrogens (tertiary/aromatic N) is 2. The van der Waals surface area contributed by atoms with Gasteiger partial charge in [-0.1, -0.05) is 78.9 Å². The predicted octanol–water partition coefficient (Wildman–Crippen LogP) is 6.00. The molecule has 0 N–H and O–H groups in total. The molecule has 1 aliphatic heterocycles. The van der Waals surface area contributed by atoms with E-state index in [1.807, 2.05) is 36.4 Å². The number of likely N-dealkylation sites (N-methyl/N-ethyl adjacent to an activating group) is 1. The van der Waals surface area contributed by atoms with Gasteiger partial charge in [-0.3, -0.25) is 4.79 Å². The number of hydrogen-bond acceptors (Lipinski definition) is 2. The molecular weight excluding hydrogens is 392 g/mol. The molecule has 0 bridgehead atoms. The maximum atomic E-state index is 13.8. The van der Waals surface area contributed by atoms with Crippen molar-refractivity contribution in [2.45, 2.75) is 19.4 Å². The SMILES string of the molecule is CC1C(C(=O)c2ccccc2)=C(c2ccccc2)c2c(CCN(C)C)c3ccccc3n21. The second-order valence-electron chi connectivity index (χ2n) is 8.79. The van der Waals surface area contributed by atoms with Crippen molar-refractivity contribution in [3.05, 3.63) is 113 Å². The summed E-state index contributed by atoms with van der Waals surface area (Å²) in [7, 11) is 4.22. The summed E-state index contributed by atoms with van der Waals surface area (Å²) in [5, 5.41) is 1.29. The van der Waals surface area contributed by atoms with Crippen molar-refractivity contribution in [2.24, 2.45) is 0 Å². The van der Waals surface area contributed by atoms with Gasteiger partial charge in [0.1, 0.15) is 0 Å². The van der Waals surface area contributed by atoms with E-state index in [0.29, 0.717) is 0 Å². The number of ketones is 1. The van der Waals surface area contributed by atoms with Crippen molar-refractivity contribution < 1.29 is 4.79 Å². The van der Waals surface area contributed by atoms with Gasteiger partial charge in [-0.25, -0.2) is 0 Å². The Labute approximate surface area is 189 Å². The molecule has 2 heterocycles. The minimum absolute atomic E-state index is 0.0362. The van der Waals surface area contributed by atoms with Gasteiger partial charge in [0.05, 0.1) is 11.7 Å². The minimum atomic E-state index is -0.0362. The molecule has 0 amide bonds. The molecule has 1 unspecified atom stereocenters. The molecule has 1 atom stereocenters. The Morgan fingerprint density at radius 3 is 2.19 bits per heavy atom. The van der Waals surface area contributed by atoms with Gasteiger partial charge in [-0.2, -0.15) is 0 Å². The van der Waals surface area contributed by atoms with Crippen molar-refractivity contribution in [1.82, 2.24) is 9.47 Å². The Bertz CT molecular complexity index is 1310. The number of carbonyl (C=O) groups is 1. The molecule has 32 heavy (non-hydrogen) atoms. The van der Waals surface area contributed by atoms with E-state index in [1.54, 1.807) is 0 Å².